The van der Waals surface area contributed by atoms with Crippen molar-refractivity contribution in [1.29, 1.82) is 0 Å². The normalized spacial score (nSPS) is 12.8. The van der Waals surface area contributed by atoms with E-state index in [1.54, 1.807) is 0 Å². The van der Waals surface area contributed by atoms with Crippen molar-refractivity contribution in [2.45, 2.75) is 335 Å². The van der Waals surface area contributed by atoms with Crippen molar-refractivity contribution >= 4 is 17.9 Å². The molecule has 6 nitrogen and oxygen atoms in total. The van der Waals surface area contributed by atoms with Crippen LogP contribution in [0.4, 0.5) is 0 Å². The molecule has 464 valence electrons. The molecular weight excluding hydrogens is 997 g/mol. The summed E-state index contributed by atoms with van der Waals surface area (Å²) in [5.41, 5.74) is 0. The van der Waals surface area contributed by atoms with Gasteiger partial charge < -0.3 is 14.2 Å². The molecule has 0 spiro atoms. The lowest BCUT2D eigenvalue weighted by atomic mass is 10.0. The van der Waals surface area contributed by atoms with Gasteiger partial charge in [-0.05, 0) is 128 Å². The Morgan fingerprint density at radius 1 is 0.259 bits per heavy atom. The van der Waals surface area contributed by atoms with Crippen LogP contribution in [-0.4, -0.2) is 37.2 Å². The van der Waals surface area contributed by atoms with Gasteiger partial charge in [-0.15, -0.1) is 0 Å². The van der Waals surface area contributed by atoms with Crippen molar-refractivity contribution in [3.8, 4) is 0 Å². The van der Waals surface area contributed by atoms with Gasteiger partial charge in [0.15, 0.2) is 6.10 Å². The average Bonchev–Trinajstić information content (AvgIpc) is 3.47. The molecule has 0 heterocycles. The first-order valence-corrected chi connectivity index (χ1v) is 34.4. The number of carbonyl (C=O) groups is 3. The summed E-state index contributed by atoms with van der Waals surface area (Å²) >= 11 is 0. The number of rotatable bonds is 62. The van der Waals surface area contributed by atoms with Gasteiger partial charge in [-0.3, -0.25) is 14.4 Å². The van der Waals surface area contributed by atoms with Gasteiger partial charge in [0, 0.05) is 19.3 Å². The number of hydrogen-bond acceptors (Lipinski definition) is 6. The smallest absolute Gasteiger partial charge is 0.306 e. The van der Waals surface area contributed by atoms with E-state index in [1.807, 2.05) is 0 Å². The first-order chi connectivity index (χ1) is 40.0. The molecule has 0 rings (SSSR count). The highest BCUT2D eigenvalue weighted by atomic mass is 16.6. The summed E-state index contributed by atoms with van der Waals surface area (Å²) in [5, 5.41) is 0. The third-order valence-electron chi connectivity index (χ3n) is 14.7. The Kier molecular flexibility index (Phi) is 65.2. The Morgan fingerprint density at radius 3 is 0.753 bits per heavy atom. The minimum Gasteiger partial charge on any atom is -0.462 e. The second-order valence-corrected chi connectivity index (χ2v) is 22.7. The first kappa shape index (κ1) is 77.1. The van der Waals surface area contributed by atoms with Crippen molar-refractivity contribution in [2.75, 3.05) is 13.2 Å². The summed E-state index contributed by atoms with van der Waals surface area (Å²) in [6.45, 7) is 6.51. The SMILES string of the molecule is CC/C=C\C/C=C\C/C=C\C/C=C\CCCCCCCCC(=O)OCC(COC(=O)CCCCCCCCCCCCC/C=C\C/C=C\CCCCCCC)OC(=O)CCCCCCCC/C=C\C/C=C\C/C=C\CCCCCCC. The number of allylic oxidation sites excluding steroid dienone is 18. The molecule has 0 saturated heterocycles. The molecule has 81 heavy (non-hydrogen) atoms. The molecule has 0 fully saturated rings. The molecule has 0 saturated carbocycles. The lowest BCUT2D eigenvalue weighted by molar-refractivity contribution is -0.167. The van der Waals surface area contributed by atoms with E-state index in [0.29, 0.717) is 19.3 Å². The topological polar surface area (TPSA) is 78.9 Å². The minimum atomic E-state index is -0.797. The van der Waals surface area contributed by atoms with Crippen LogP contribution in [0.2, 0.25) is 0 Å². The lowest BCUT2D eigenvalue weighted by Gasteiger charge is -2.18. The molecule has 6 heteroatoms. The maximum Gasteiger partial charge on any atom is 0.306 e. The fourth-order valence-corrected chi connectivity index (χ4v) is 9.59. The molecule has 0 aliphatic rings. The summed E-state index contributed by atoms with van der Waals surface area (Å²) in [5.74, 6) is -0.907. The number of carbonyl (C=O) groups excluding carboxylic acids is 3. The summed E-state index contributed by atoms with van der Waals surface area (Å²) < 4.78 is 17.0. The van der Waals surface area contributed by atoms with Crippen LogP contribution in [0.1, 0.15) is 329 Å². The molecule has 0 N–H and O–H groups in total. The zero-order valence-corrected chi connectivity index (χ0v) is 53.3. The summed E-state index contributed by atoms with van der Waals surface area (Å²) in [7, 11) is 0. The number of unbranched alkanes of at least 4 members (excludes halogenated alkanes) is 33. The van der Waals surface area contributed by atoms with E-state index in [2.05, 4.69) is 130 Å². The molecule has 0 amide bonds. The van der Waals surface area contributed by atoms with Crippen molar-refractivity contribution in [1.82, 2.24) is 0 Å². The second-order valence-electron chi connectivity index (χ2n) is 22.7. The first-order valence-electron chi connectivity index (χ1n) is 34.4. The van der Waals surface area contributed by atoms with E-state index in [4.69, 9.17) is 14.2 Å². The summed E-state index contributed by atoms with van der Waals surface area (Å²) in [6.07, 6.45) is 93.8. The largest absolute Gasteiger partial charge is 0.462 e. The van der Waals surface area contributed by atoms with E-state index >= 15 is 0 Å². The van der Waals surface area contributed by atoms with Gasteiger partial charge in [-0.1, -0.05) is 291 Å². The maximum atomic E-state index is 13.0. The fourth-order valence-electron chi connectivity index (χ4n) is 9.59. The number of esters is 3. The standard InChI is InChI=1S/C75H128O6/c1-4-7-10-13-16-19-22-25-28-31-34-36-37-39-41-44-47-50-53-56-59-62-65-68-74(77)80-71-72(70-79-73(76)67-64-61-58-55-52-49-46-43-40-33-30-27-24-21-18-15-12-9-6-3)81-75(78)69-66-63-60-57-54-51-48-45-42-38-35-32-29-26-23-20-17-14-11-8-5-2/h9,12,18,21-23,25-27,30-32,34-35,40,42-43,45,72H,4-8,10-11,13-17,19-20,24,28-29,33,36-39,41,44,46-71H2,1-3H3/b12-9-,21-18-,25-22-,26-23-,30-27-,34-31-,35-32-,43-40-,45-42-. The van der Waals surface area contributed by atoms with Gasteiger partial charge in [-0.2, -0.15) is 0 Å². The van der Waals surface area contributed by atoms with Crippen LogP contribution in [0.25, 0.3) is 0 Å². The molecular formula is C75H128O6. The molecule has 0 aromatic rings. The highest BCUT2D eigenvalue weighted by molar-refractivity contribution is 5.71. The van der Waals surface area contributed by atoms with Gasteiger partial charge in [0.1, 0.15) is 13.2 Å². The van der Waals surface area contributed by atoms with E-state index in [0.717, 1.165) is 128 Å². The van der Waals surface area contributed by atoms with E-state index < -0.39 is 6.10 Å². The minimum absolute atomic E-state index is 0.0895. The van der Waals surface area contributed by atoms with Crippen molar-refractivity contribution < 1.29 is 28.6 Å². The maximum absolute atomic E-state index is 13.0. The predicted octanol–water partition coefficient (Wildman–Crippen LogP) is 23.8. The number of ether oxygens (including phenoxy) is 3. The Bertz CT molecular complexity index is 1620. The molecule has 0 aliphatic heterocycles. The zero-order valence-electron chi connectivity index (χ0n) is 53.3. The highest BCUT2D eigenvalue weighted by Crippen LogP contribution is 2.16. The monoisotopic (exact) mass is 1120 g/mol. The quantitative estimate of drug-likeness (QED) is 0.0261. The van der Waals surface area contributed by atoms with E-state index in [-0.39, 0.29) is 31.1 Å². The molecule has 0 aromatic carbocycles. The summed E-state index contributed by atoms with van der Waals surface area (Å²) in [6, 6.07) is 0. The van der Waals surface area contributed by atoms with Crippen molar-refractivity contribution in [3.05, 3.63) is 109 Å². The molecule has 0 aromatic heterocycles. The van der Waals surface area contributed by atoms with Crippen molar-refractivity contribution in [2.24, 2.45) is 0 Å². The summed E-state index contributed by atoms with van der Waals surface area (Å²) in [4.78, 5) is 38.5. The zero-order chi connectivity index (χ0) is 58.5. The van der Waals surface area contributed by atoms with Crippen molar-refractivity contribution in [3.63, 3.8) is 0 Å². The van der Waals surface area contributed by atoms with Gasteiger partial charge >= 0.3 is 17.9 Å². The van der Waals surface area contributed by atoms with Crippen LogP contribution in [0.3, 0.4) is 0 Å². The Labute approximate surface area is 501 Å². The van der Waals surface area contributed by atoms with E-state index in [9.17, 15) is 14.4 Å². The molecule has 1 unspecified atom stereocenters. The second kappa shape index (κ2) is 68.6. The predicted molar refractivity (Wildman–Crippen MR) is 353 cm³/mol. The Hall–Kier alpha value is -3.93. The van der Waals surface area contributed by atoms with Gasteiger partial charge in [0.25, 0.3) is 0 Å². The molecule has 0 bridgehead atoms. The van der Waals surface area contributed by atoms with Crippen LogP contribution in [0, 0.1) is 0 Å². The molecule has 0 radical (unpaired) electrons. The van der Waals surface area contributed by atoms with Gasteiger partial charge in [0.2, 0.25) is 0 Å². The Balaban J connectivity index is 4.43. The average molecular weight is 1130 g/mol. The van der Waals surface area contributed by atoms with Crippen LogP contribution in [0.5, 0.6) is 0 Å². The van der Waals surface area contributed by atoms with Crippen LogP contribution in [-0.2, 0) is 28.6 Å². The van der Waals surface area contributed by atoms with Crippen LogP contribution < -0.4 is 0 Å². The number of hydrogen-bond donors (Lipinski definition) is 0. The molecule has 0 aliphatic carbocycles. The van der Waals surface area contributed by atoms with Crippen LogP contribution in [0.15, 0.2) is 109 Å². The third kappa shape index (κ3) is 66.8. The van der Waals surface area contributed by atoms with E-state index in [1.165, 1.54) is 161 Å². The molecule has 1 atom stereocenters. The highest BCUT2D eigenvalue weighted by Gasteiger charge is 2.19. The van der Waals surface area contributed by atoms with Gasteiger partial charge in [0.05, 0.1) is 0 Å². The Morgan fingerprint density at radius 2 is 0.481 bits per heavy atom. The van der Waals surface area contributed by atoms with Gasteiger partial charge in [-0.25, -0.2) is 0 Å². The van der Waals surface area contributed by atoms with Crippen LogP contribution >= 0.6 is 0 Å². The lowest BCUT2D eigenvalue weighted by Crippen LogP contribution is -2.30. The third-order valence-corrected chi connectivity index (χ3v) is 14.7. The fraction of sp³-hybridized carbons (Fsp3) is 0.720.